The van der Waals surface area contributed by atoms with Gasteiger partial charge in [0.2, 0.25) is 5.91 Å². The first-order valence-corrected chi connectivity index (χ1v) is 18.2. The van der Waals surface area contributed by atoms with Gasteiger partial charge >= 0.3 is 0 Å². The predicted octanol–water partition coefficient (Wildman–Crippen LogP) is 8.23. The first-order chi connectivity index (χ1) is 20.1. The molecule has 0 aromatic heterocycles. The second-order valence-electron chi connectivity index (χ2n) is 14.2. The summed E-state index contributed by atoms with van der Waals surface area (Å²) >= 11 is 0. The molecule has 5 unspecified atom stereocenters. The van der Waals surface area contributed by atoms with Gasteiger partial charge in [0.05, 0.1) is 6.04 Å². The highest BCUT2D eigenvalue weighted by molar-refractivity contribution is 5.89. The molecule has 1 heterocycles. The molecule has 41 heavy (non-hydrogen) atoms. The minimum Gasteiger partial charge on any atom is -0.356 e. The highest BCUT2D eigenvalue weighted by Crippen LogP contribution is 2.44. The van der Waals surface area contributed by atoms with Gasteiger partial charge in [-0.3, -0.25) is 14.4 Å². The van der Waals surface area contributed by atoms with Crippen molar-refractivity contribution < 1.29 is 14.4 Å². The van der Waals surface area contributed by atoms with E-state index in [1.165, 1.54) is 103 Å². The zero-order valence-electron chi connectivity index (χ0n) is 26.3. The van der Waals surface area contributed by atoms with Gasteiger partial charge in [-0.05, 0) is 82.5 Å². The molecule has 4 aliphatic rings. The van der Waals surface area contributed by atoms with Crippen LogP contribution in [0, 0.1) is 23.7 Å². The van der Waals surface area contributed by atoms with Crippen LogP contribution in [0.25, 0.3) is 0 Å². The van der Waals surface area contributed by atoms with Gasteiger partial charge in [0.25, 0.3) is 0 Å². The number of Topliss-reactive ketones (excluding diaryl/α,β-unsaturated/α-hetero) is 2. The van der Waals surface area contributed by atoms with Crippen molar-refractivity contribution in [2.75, 3.05) is 6.54 Å². The topological polar surface area (TPSA) is 75.3 Å². The predicted molar refractivity (Wildman–Crippen MR) is 168 cm³/mol. The molecule has 1 saturated heterocycles. The normalized spacial score (nSPS) is 30.3. The van der Waals surface area contributed by atoms with Crippen LogP contribution < -0.4 is 10.6 Å². The summed E-state index contributed by atoms with van der Waals surface area (Å²) in [5.41, 5.74) is 0. The van der Waals surface area contributed by atoms with Crippen molar-refractivity contribution in [3.63, 3.8) is 0 Å². The van der Waals surface area contributed by atoms with Gasteiger partial charge in [0, 0.05) is 37.3 Å². The maximum Gasteiger partial charge on any atom is 0.219 e. The highest BCUT2D eigenvalue weighted by atomic mass is 16.1. The van der Waals surface area contributed by atoms with Crippen molar-refractivity contribution in [1.29, 1.82) is 0 Å². The van der Waals surface area contributed by atoms with Crippen molar-refractivity contribution >= 4 is 17.5 Å². The fraction of sp³-hybridized carbons (Fsp3) is 0.917. The Hall–Kier alpha value is -1.23. The van der Waals surface area contributed by atoms with Crippen LogP contribution in [0.1, 0.15) is 167 Å². The Bertz CT molecular complexity index is 784. The number of nitrogens with one attached hydrogen (secondary N) is 2. The van der Waals surface area contributed by atoms with Crippen LogP contribution in [0.4, 0.5) is 0 Å². The van der Waals surface area contributed by atoms with E-state index < -0.39 is 0 Å². The highest BCUT2D eigenvalue weighted by Gasteiger charge is 2.50. The van der Waals surface area contributed by atoms with Crippen LogP contribution in [0.5, 0.6) is 0 Å². The summed E-state index contributed by atoms with van der Waals surface area (Å²) in [7, 11) is 0. The van der Waals surface area contributed by atoms with E-state index in [1.54, 1.807) is 0 Å². The number of unbranched alkanes of at least 4 members (excludes halogenated alkanes) is 3. The minimum absolute atomic E-state index is 0.0332. The Labute approximate surface area is 251 Å². The van der Waals surface area contributed by atoms with Gasteiger partial charge < -0.3 is 10.6 Å². The molecule has 1 aliphatic heterocycles. The molecule has 1 amide bonds. The van der Waals surface area contributed by atoms with Crippen LogP contribution in [-0.2, 0) is 14.4 Å². The van der Waals surface area contributed by atoms with E-state index in [9.17, 15) is 14.4 Å². The Morgan fingerprint density at radius 2 is 1.22 bits per heavy atom. The molecule has 4 fully saturated rings. The number of hydrogen-bond acceptors (Lipinski definition) is 4. The summed E-state index contributed by atoms with van der Waals surface area (Å²) in [6.07, 6.45) is 29.9. The molecular formula is C36H62N2O3. The molecule has 5 atom stereocenters. The van der Waals surface area contributed by atoms with E-state index >= 15 is 0 Å². The lowest BCUT2D eigenvalue weighted by molar-refractivity contribution is -0.125. The van der Waals surface area contributed by atoms with Gasteiger partial charge in [-0.1, -0.05) is 83.5 Å². The van der Waals surface area contributed by atoms with E-state index in [0.29, 0.717) is 48.8 Å². The van der Waals surface area contributed by atoms with Crippen molar-refractivity contribution in [3.8, 4) is 0 Å². The van der Waals surface area contributed by atoms with Crippen molar-refractivity contribution in [2.45, 2.75) is 179 Å². The molecule has 0 aromatic carbocycles. The molecular weight excluding hydrogens is 508 g/mol. The quantitative estimate of drug-likeness (QED) is 0.232. The molecule has 234 valence electrons. The molecule has 4 rings (SSSR count). The fourth-order valence-corrected chi connectivity index (χ4v) is 8.67. The van der Waals surface area contributed by atoms with Gasteiger partial charge in [-0.25, -0.2) is 0 Å². The van der Waals surface area contributed by atoms with E-state index in [1.807, 2.05) is 0 Å². The number of carbonyl (C=O) groups excluding carboxylic acids is 3. The number of rotatable bonds is 12. The monoisotopic (exact) mass is 570 g/mol. The first kappa shape index (κ1) is 32.7. The first-order valence-electron chi connectivity index (χ1n) is 18.2. The van der Waals surface area contributed by atoms with Crippen LogP contribution in [0.15, 0.2) is 0 Å². The molecule has 5 heteroatoms. The number of carbonyl (C=O) groups is 3. The number of ketones is 2. The maximum atomic E-state index is 13.5. The standard InChI is InChI=1S/C36H62N2O3/c39-32(28-18-10-5-2-1-3-6-11-19-28)23-14-9-15-24-33(40)37-27-17-16-22-31-36(41)34-29-20-12-7-4-8-13-21-30(26-25-29)35(34)38-31/h28-31,34-35,38H,1-27H2,(H,37,40). The summed E-state index contributed by atoms with van der Waals surface area (Å²) in [5, 5.41) is 6.92. The Kier molecular flexibility index (Phi) is 14.7. The van der Waals surface area contributed by atoms with E-state index in [-0.39, 0.29) is 23.8 Å². The summed E-state index contributed by atoms with van der Waals surface area (Å²) in [4.78, 5) is 38.5. The second-order valence-corrected chi connectivity index (χ2v) is 14.2. The average molecular weight is 571 g/mol. The van der Waals surface area contributed by atoms with E-state index in [0.717, 1.165) is 51.4 Å². The molecule has 0 spiro atoms. The molecule has 0 aromatic rings. The summed E-state index contributed by atoms with van der Waals surface area (Å²) < 4.78 is 0. The van der Waals surface area contributed by atoms with Gasteiger partial charge in [0.15, 0.2) is 5.78 Å². The van der Waals surface area contributed by atoms with Crippen molar-refractivity contribution in [1.82, 2.24) is 10.6 Å². The van der Waals surface area contributed by atoms with Gasteiger partial charge in [-0.15, -0.1) is 0 Å². The van der Waals surface area contributed by atoms with Crippen LogP contribution >= 0.6 is 0 Å². The molecule has 2 N–H and O–H groups in total. The van der Waals surface area contributed by atoms with E-state index in [4.69, 9.17) is 0 Å². The third-order valence-corrected chi connectivity index (χ3v) is 11.2. The average Bonchev–Trinajstić information content (AvgIpc) is 3.27. The van der Waals surface area contributed by atoms with Crippen molar-refractivity contribution in [2.24, 2.45) is 23.7 Å². The lowest BCUT2D eigenvalue weighted by Gasteiger charge is -2.38. The number of hydrogen-bond donors (Lipinski definition) is 2. The molecule has 0 radical (unpaired) electrons. The largest absolute Gasteiger partial charge is 0.356 e. The van der Waals surface area contributed by atoms with Crippen LogP contribution in [-0.4, -0.2) is 36.1 Å². The molecule has 3 saturated carbocycles. The SMILES string of the molecule is O=C(CCCCCC(=O)C1CCCCCCCCC1)NCCCCC1NC2C3CCCCCCCC(CC3)C2C1=O. The fourth-order valence-electron chi connectivity index (χ4n) is 8.67. The summed E-state index contributed by atoms with van der Waals surface area (Å²) in [5.74, 6) is 2.97. The molecule has 3 aliphatic carbocycles. The minimum atomic E-state index is 0.0332. The smallest absolute Gasteiger partial charge is 0.219 e. The zero-order chi connectivity index (χ0) is 28.7. The number of amides is 1. The Morgan fingerprint density at radius 3 is 1.93 bits per heavy atom. The van der Waals surface area contributed by atoms with Gasteiger partial charge in [0.1, 0.15) is 5.78 Å². The molecule has 2 bridgehead atoms. The second kappa shape index (κ2) is 18.4. The summed E-state index contributed by atoms with van der Waals surface area (Å²) in [6.45, 7) is 0.706. The zero-order valence-corrected chi connectivity index (χ0v) is 26.3. The Morgan fingerprint density at radius 1 is 0.634 bits per heavy atom. The van der Waals surface area contributed by atoms with Crippen LogP contribution in [0.3, 0.4) is 0 Å². The van der Waals surface area contributed by atoms with Crippen molar-refractivity contribution in [3.05, 3.63) is 0 Å². The summed E-state index contributed by atoms with van der Waals surface area (Å²) in [6, 6.07) is 0.455. The third-order valence-electron chi connectivity index (χ3n) is 11.2. The molecule has 5 nitrogen and oxygen atoms in total. The van der Waals surface area contributed by atoms with E-state index in [2.05, 4.69) is 10.6 Å². The lowest BCUT2D eigenvalue weighted by atomic mass is 9.68. The maximum absolute atomic E-state index is 13.5. The Balaban J connectivity index is 1.05. The lowest BCUT2D eigenvalue weighted by Crippen LogP contribution is -2.43. The third kappa shape index (κ3) is 10.8. The van der Waals surface area contributed by atoms with Crippen LogP contribution in [0.2, 0.25) is 0 Å². The van der Waals surface area contributed by atoms with Gasteiger partial charge in [-0.2, -0.15) is 0 Å².